The number of benzene rings is 2. The molecular weight excluding hydrogens is 537 g/mol. The Morgan fingerprint density at radius 2 is 1.95 bits per heavy atom. The molecule has 2 aliphatic heterocycles. The van der Waals surface area contributed by atoms with Gasteiger partial charge in [-0.15, -0.1) is 0 Å². The molecule has 2 aromatic heterocycles. The van der Waals surface area contributed by atoms with E-state index < -0.39 is 11.8 Å². The number of nitriles is 1. The van der Waals surface area contributed by atoms with E-state index in [1.54, 1.807) is 18.2 Å². The molecule has 2 aliphatic rings. The second-order valence-electron chi connectivity index (χ2n) is 11.0. The molecule has 6 rings (SSSR count). The van der Waals surface area contributed by atoms with Crippen LogP contribution in [-0.2, 0) is 35.6 Å². The minimum absolute atomic E-state index is 0.0174. The highest BCUT2D eigenvalue weighted by molar-refractivity contribution is 5.79. The van der Waals surface area contributed by atoms with Gasteiger partial charge in [-0.2, -0.15) is 5.26 Å². The van der Waals surface area contributed by atoms with E-state index in [-0.39, 0.29) is 30.6 Å². The Balaban J connectivity index is 1.10. The number of carboxylic acids is 1. The van der Waals surface area contributed by atoms with Gasteiger partial charge in [-0.05, 0) is 68.2 Å². The fraction of sp³-hybridized carbons (Fsp3) is 0.375. The lowest BCUT2D eigenvalue weighted by Crippen LogP contribution is -2.35. The van der Waals surface area contributed by atoms with E-state index in [4.69, 9.17) is 24.7 Å². The Kier molecular flexibility index (Phi) is 8.13. The smallest absolute Gasteiger partial charge is 0.307 e. The van der Waals surface area contributed by atoms with Crippen molar-refractivity contribution in [3.63, 3.8) is 0 Å². The van der Waals surface area contributed by atoms with Crippen LogP contribution in [0, 0.1) is 17.1 Å². The van der Waals surface area contributed by atoms with Gasteiger partial charge in [0.25, 0.3) is 0 Å². The number of aromatic nitrogens is 3. The Bertz CT molecular complexity index is 1640. The predicted octanol–water partition coefficient (Wildman–Crippen LogP) is 4.82. The van der Waals surface area contributed by atoms with Crippen LogP contribution in [0.15, 0.2) is 54.6 Å². The summed E-state index contributed by atoms with van der Waals surface area (Å²) >= 11 is 0. The third-order valence-electron chi connectivity index (χ3n) is 8.10. The summed E-state index contributed by atoms with van der Waals surface area (Å²) in [5.74, 6) is 0.393. The standard InChI is InChI=1S/C32H32FN5O4/c33-26-14-22(17-34)4-6-24(26)20-42-31-3-1-2-27(36-31)23-8-11-37(12-9-23)19-30-35-28-7-5-21(16-32(39)40)15-29(28)38(30)18-25-10-13-41-25/h1-7,14-15,23,25H,8-13,16,18-20H2,(H,39,40). The molecule has 9 nitrogen and oxygen atoms in total. The van der Waals surface area contributed by atoms with Crippen LogP contribution >= 0.6 is 0 Å². The molecule has 0 amide bonds. The van der Waals surface area contributed by atoms with Gasteiger partial charge in [-0.25, -0.2) is 14.4 Å². The Labute approximate surface area is 243 Å². The van der Waals surface area contributed by atoms with Crippen LogP contribution in [0.5, 0.6) is 5.88 Å². The molecule has 1 N–H and O–H groups in total. The first-order chi connectivity index (χ1) is 20.4. The minimum atomic E-state index is -0.849. The van der Waals surface area contributed by atoms with Crippen LogP contribution < -0.4 is 4.74 Å². The molecule has 4 aromatic rings. The van der Waals surface area contributed by atoms with E-state index in [1.807, 2.05) is 36.4 Å². The van der Waals surface area contributed by atoms with E-state index in [0.717, 1.165) is 67.1 Å². The summed E-state index contributed by atoms with van der Waals surface area (Å²) in [6, 6.07) is 17.7. The van der Waals surface area contributed by atoms with Crippen LogP contribution in [0.3, 0.4) is 0 Å². The van der Waals surface area contributed by atoms with Gasteiger partial charge in [0.05, 0.1) is 48.3 Å². The zero-order valence-electron chi connectivity index (χ0n) is 23.2. The van der Waals surface area contributed by atoms with Crippen molar-refractivity contribution in [2.75, 3.05) is 19.7 Å². The third kappa shape index (κ3) is 6.27. The molecular formula is C32H32FN5O4. The molecule has 4 heterocycles. The number of halogens is 1. The van der Waals surface area contributed by atoms with Gasteiger partial charge < -0.3 is 19.1 Å². The maximum Gasteiger partial charge on any atom is 0.307 e. The van der Waals surface area contributed by atoms with Gasteiger partial charge in [0.2, 0.25) is 5.88 Å². The Hall–Kier alpha value is -4.33. The average molecular weight is 570 g/mol. The summed E-state index contributed by atoms with van der Waals surface area (Å²) in [5, 5.41) is 18.2. The maximum atomic E-state index is 14.2. The Morgan fingerprint density at radius 1 is 1.12 bits per heavy atom. The summed E-state index contributed by atoms with van der Waals surface area (Å²) < 4.78 is 28.0. The number of rotatable bonds is 10. The number of nitrogens with zero attached hydrogens (tertiary/aromatic N) is 5. The number of carbonyl (C=O) groups is 1. The van der Waals surface area contributed by atoms with Crippen LogP contribution in [0.1, 0.15) is 53.4 Å². The number of ether oxygens (including phenoxy) is 2. The highest BCUT2D eigenvalue weighted by atomic mass is 19.1. The van der Waals surface area contributed by atoms with E-state index in [2.05, 4.69) is 9.47 Å². The van der Waals surface area contributed by atoms with Gasteiger partial charge >= 0.3 is 5.97 Å². The van der Waals surface area contributed by atoms with Crippen molar-refractivity contribution in [1.82, 2.24) is 19.4 Å². The molecule has 0 spiro atoms. The molecule has 2 saturated heterocycles. The first-order valence-corrected chi connectivity index (χ1v) is 14.3. The molecule has 2 fully saturated rings. The van der Waals surface area contributed by atoms with E-state index >= 15 is 0 Å². The summed E-state index contributed by atoms with van der Waals surface area (Å²) in [6.45, 7) is 4.01. The number of pyridine rings is 1. The number of hydrogen-bond donors (Lipinski definition) is 1. The second-order valence-corrected chi connectivity index (χ2v) is 11.0. The summed E-state index contributed by atoms with van der Waals surface area (Å²) in [6.07, 6.45) is 3.03. The number of imidazole rings is 1. The number of likely N-dealkylation sites (tertiary alicyclic amines) is 1. The van der Waals surface area contributed by atoms with Crippen molar-refractivity contribution in [3.8, 4) is 11.9 Å². The number of fused-ring (bicyclic) bond motifs is 1. The first kappa shape index (κ1) is 27.8. The lowest BCUT2D eigenvalue weighted by Gasteiger charge is -2.32. The van der Waals surface area contributed by atoms with Crippen molar-refractivity contribution < 1.29 is 23.8 Å². The lowest BCUT2D eigenvalue weighted by molar-refractivity contribution is -0.136. The van der Waals surface area contributed by atoms with Gasteiger partial charge in [0, 0.05) is 29.8 Å². The van der Waals surface area contributed by atoms with Crippen LogP contribution in [0.4, 0.5) is 4.39 Å². The monoisotopic (exact) mass is 569 g/mol. The summed E-state index contributed by atoms with van der Waals surface area (Å²) in [7, 11) is 0. The molecule has 216 valence electrons. The summed E-state index contributed by atoms with van der Waals surface area (Å²) in [4.78, 5) is 23.3. The molecule has 0 radical (unpaired) electrons. The van der Waals surface area contributed by atoms with E-state index in [1.165, 1.54) is 6.07 Å². The number of aliphatic carboxylic acids is 1. The van der Waals surface area contributed by atoms with Crippen LogP contribution in [-0.4, -0.2) is 56.3 Å². The molecule has 1 unspecified atom stereocenters. The molecule has 0 bridgehead atoms. The molecule has 0 aliphatic carbocycles. The molecule has 0 saturated carbocycles. The Morgan fingerprint density at radius 3 is 2.67 bits per heavy atom. The van der Waals surface area contributed by atoms with Crippen molar-refractivity contribution >= 4 is 17.0 Å². The number of hydrogen-bond acceptors (Lipinski definition) is 7. The van der Waals surface area contributed by atoms with Crippen molar-refractivity contribution in [1.29, 1.82) is 5.26 Å². The SMILES string of the molecule is N#Cc1ccc(COc2cccc(C3CCN(Cc4nc5ccc(CC(=O)O)cc5n4CC4CCO4)CC3)n2)c(F)c1. The molecule has 2 aromatic carbocycles. The lowest BCUT2D eigenvalue weighted by atomic mass is 9.93. The van der Waals surface area contributed by atoms with Crippen molar-refractivity contribution in [2.45, 2.75) is 57.4 Å². The number of carboxylic acid groups (broad SMARTS) is 1. The summed E-state index contributed by atoms with van der Waals surface area (Å²) in [5.41, 5.74) is 4.21. The first-order valence-electron chi connectivity index (χ1n) is 14.3. The van der Waals surface area contributed by atoms with Gasteiger partial charge in [-0.1, -0.05) is 18.2 Å². The van der Waals surface area contributed by atoms with E-state index in [9.17, 15) is 14.3 Å². The molecule has 42 heavy (non-hydrogen) atoms. The van der Waals surface area contributed by atoms with Crippen molar-refractivity contribution in [2.24, 2.45) is 0 Å². The fourth-order valence-corrected chi connectivity index (χ4v) is 5.67. The zero-order valence-corrected chi connectivity index (χ0v) is 23.2. The minimum Gasteiger partial charge on any atom is -0.481 e. The second kappa shape index (κ2) is 12.3. The normalized spacial score (nSPS) is 17.6. The average Bonchev–Trinajstić information content (AvgIpc) is 3.30. The van der Waals surface area contributed by atoms with Crippen molar-refractivity contribution in [3.05, 3.63) is 88.6 Å². The quantitative estimate of drug-likeness (QED) is 0.289. The highest BCUT2D eigenvalue weighted by Gasteiger charge is 2.26. The van der Waals surface area contributed by atoms with Crippen LogP contribution in [0.2, 0.25) is 0 Å². The zero-order chi connectivity index (χ0) is 29.1. The number of piperidine rings is 1. The van der Waals surface area contributed by atoms with Gasteiger partial charge in [0.15, 0.2) is 0 Å². The fourth-order valence-electron chi connectivity index (χ4n) is 5.67. The van der Waals surface area contributed by atoms with Gasteiger partial charge in [0.1, 0.15) is 18.2 Å². The maximum absolute atomic E-state index is 14.2. The van der Waals surface area contributed by atoms with E-state index in [0.29, 0.717) is 24.5 Å². The van der Waals surface area contributed by atoms with Gasteiger partial charge in [-0.3, -0.25) is 9.69 Å². The molecule has 10 heteroatoms. The third-order valence-corrected chi connectivity index (χ3v) is 8.10. The highest BCUT2D eigenvalue weighted by Crippen LogP contribution is 2.30. The molecule has 1 atom stereocenters. The predicted molar refractivity (Wildman–Crippen MR) is 152 cm³/mol. The van der Waals surface area contributed by atoms with Crippen LogP contribution in [0.25, 0.3) is 11.0 Å². The largest absolute Gasteiger partial charge is 0.481 e. The topological polar surface area (TPSA) is 114 Å².